The van der Waals surface area contributed by atoms with E-state index in [1.54, 1.807) is 0 Å². The van der Waals surface area contributed by atoms with Gasteiger partial charge in [-0.2, -0.15) is 10.2 Å². The standard InChI is InChI=1S/C13H19N5/c1-10-12(6-14-13-3-4-13)9-18(16-10)8-11-5-15-17(2)7-11/h5,7,9,13-14H,3-4,6,8H2,1-2H3. The van der Waals surface area contributed by atoms with Crippen molar-refractivity contribution < 1.29 is 0 Å². The number of aromatic nitrogens is 4. The molecule has 0 radical (unpaired) electrons. The molecule has 5 nitrogen and oxygen atoms in total. The van der Waals surface area contributed by atoms with Crippen LogP contribution in [-0.2, 0) is 20.1 Å². The van der Waals surface area contributed by atoms with Crippen LogP contribution in [0, 0.1) is 6.92 Å². The molecule has 1 saturated carbocycles. The lowest BCUT2D eigenvalue weighted by Crippen LogP contribution is -2.15. The molecule has 1 aliphatic rings. The first-order chi connectivity index (χ1) is 8.70. The van der Waals surface area contributed by atoms with Crippen molar-refractivity contribution in [2.75, 3.05) is 0 Å². The third-order valence-electron chi connectivity index (χ3n) is 3.31. The molecule has 2 aromatic rings. The molecule has 2 aromatic heterocycles. The quantitative estimate of drug-likeness (QED) is 0.861. The van der Waals surface area contributed by atoms with E-state index in [0.29, 0.717) is 0 Å². The summed E-state index contributed by atoms with van der Waals surface area (Å²) in [6, 6.07) is 0.742. The van der Waals surface area contributed by atoms with Crippen LogP contribution in [0.3, 0.4) is 0 Å². The van der Waals surface area contributed by atoms with Crippen molar-refractivity contribution in [3.05, 3.63) is 35.4 Å². The molecule has 0 atom stereocenters. The second-order valence-electron chi connectivity index (χ2n) is 5.11. The summed E-state index contributed by atoms with van der Waals surface area (Å²) in [6.45, 7) is 3.80. The van der Waals surface area contributed by atoms with Crippen LogP contribution < -0.4 is 5.32 Å². The van der Waals surface area contributed by atoms with Gasteiger partial charge in [-0.3, -0.25) is 9.36 Å². The van der Waals surface area contributed by atoms with Gasteiger partial charge in [-0.25, -0.2) is 0 Å². The van der Waals surface area contributed by atoms with E-state index in [2.05, 4.69) is 28.6 Å². The van der Waals surface area contributed by atoms with Crippen LogP contribution in [0.5, 0.6) is 0 Å². The molecule has 0 spiro atoms. The highest BCUT2D eigenvalue weighted by Gasteiger charge is 2.20. The lowest BCUT2D eigenvalue weighted by Gasteiger charge is -1.99. The van der Waals surface area contributed by atoms with Gasteiger partial charge in [0, 0.05) is 43.2 Å². The Bertz CT molecular complexity index is 535. The monoisotopic (exact) mass is 245 g/mol. The van der Waals surface area contributed by atoms with E-state index < -0.39 is 0 Å². The molecule has 3 rings (SSSR count). The van der Waals surface area contributed by atoms with Gasteiger partial charge in [0.15, 0.2) is 0 Å². The van der Waals surface area contributed by atoms with Crippen molar-refractivity contribution in [3.63, 3.8) is 0 Å². The van der Waals surface area contributed by atoms with Gasteiger partial charge in [0.2, 0.25) is 0 Å². The first-order valence-corrected chi connectivity index (χ1v) is 6.44. The SMILES string of the molecule is Cc1nn(Cc2cnn(C)c2)cc1CNC1CC1. The van der Waals surface area contributed by atoms with E-state index in [9.17, 15) is 0 Å². The summed E-state index contributed by atoms with van der Waals surface area (Å²) >= 11 is 0. The van der Waals surface area contributed by atoms with Crippen LogP contribution in [0.25, 0.3) is 0 Å². The van der Waals surface area contributed by atoms with Crippen molar-refractivity contribution >= 4 is 0 Å². The molecule has 0 unspecified atom stereocenters. The summed E-state index contributed by atoms with van der Waals surface area (Å²) < 4.78 is 3.82. The van der Waals surface area contributed by atoms with Gasteiger partial charge in [-0.05, 0) is 19.8 Å². The van der Waals surface area contributed by atoms with Gasteiger partial charge >= 0.3 is 0 Å². The molecule has 1 fully saturated rings. The molecule has 0 amide bonds. The summed E-state index contributed by atoms with van der Waals surface area (Å²) in [6.07, 6.45) is 8.70. The number of hydrogen-bond acceptors (Lipinski definition) is 3. The summed E-state index contributed by atoms with van der Waals surface area (Å²) in [4.78, 5) is 0. The molecule has 5 heteroatoms. The molecule has 1 N–H and O–H groups in total. The van der Waals surface area contributed by atoms with Gasteiger partial charge in [-0.15, -0.1) is 0 Å². The maximum atomic E-state index is 4.55. The Labute approximate surface area is 107 Å². The first kappa shape index (κ1) is 11.5. The number of aryl methyl sites for hydroxylation is 2. The lowest BCUT2D eigenvalue weighted by molar-refractivity contribution is 0.673. The molecular formula is C13H19N5. The van der Waals surface area contributed by atoms with E-state index in [4.69, 9.17) is 0 Å². The number of hydrogen-bond donors (Lipinski definition) is 1. The van der Waals surface area contributed by atoms with Crippen molar-refractivity contribution in [2.45, 2.75) is 38.9 Å². The zero-order valence-corrected chi connectivity index (χ0v) is 10.9. The maximum Gasteiger partial charge on any atom is 0.0690 e. The molecule has 2 heterocycles. The highest BCUT2D eigenvalue weighted by molar-refractivity contribution is 5.16. The fourth-order valence-corrected chi connectivity index (χ4v) is 2.10. The minimum Gasteiger partial charge on any atom is -0.310 e. The van der Waals surface area contributed by atoms with Gasteiger partial charge in [0.1, 0.15) is 0 Å². The van der Waals surface area contributed by atoms with Gasteiger partial charge in [-0.1, -0.05) is 0 Å². The van der Waals surface area contributed by atoms with Crippen molar-refractivity contribution in [2.24, 2.45) is 7.05 Å². The highest BCUT2D eigenvalue weighted by Crippen LogP contribution is 2.19. The topological polar surface area (TPSA) is 47.7 Å². The third-order valence-corrected chi connectivity index (χ3v) is 3.31. The molecule has 0 aliphatic heterocycles. The van der Waals surface area contributed by atoms with E-state index in [1.165, 1.54) is 24.0 Å². The minimum absolute atomic E-state index is 0.742. The molecule has 1 aliphatic carbocycles. The molecule has 0 saturated heterocycles. The van der Waals surface area contributed by atoms with E-state index in [0.717, 1.165) is 24.8 Å². The van der Waals surface area contributed by atoms with Crippen molar-refractivity contribution in [3.8, 4) is 0 Å². The Kier molecular flexibility index (Phi) is 2.91. The third kappa shape index (κ3) is 2.61. The predicted octanol–water partition coefficient (Wildman–Crippen LogP) is 1.23. The Morgan fingerprint density at radius 3 is 2.89 bits per heavy atom. The van der Waals surface area contributed by atoms with Crippen LogP contribution >= 0.6 is 0 Å². The Morgan fingerprint density at radius 2 is 2.22 bits per heavy atom. The van der Waals surface area contributed by atoms with E-state index in [-0.39, 0.29) is 0 Å². The predicted molar refractivity (Wildman–Crippen MR) is 69.1 cm³/mol. The normalized spacial score (nSPS) is 15.2. The molecule has 18 heavy (non-hydrogen) atoms. The van der Waals surface area contributed by atoms with Crippen LogP contribution in [-0.4, -0.2) is 25.6 Å². The van der Waals surface area contributed by atoms with Crippen LogP contribution in [0.15, 0.2) is 18.6 Å². The van der Waals surface area contributed by atoms with Crippen molar-refractivity contribution in [1.29, 1.82) is 0 Å². The van der Waals surface area contributed by atoms with E-state index in [1.807, 2.05) is 28.8 Å². The Hall–Kier alpha value is -1.62. The molecular weight excluding hydrogens is 226 g/mol. The summed E-state index contributed by atoms with van der Waals surface area (Å²) in [7, 11) is 1.93. The van der Waals surface area contributed by atoms with Gasteiger partial charge in [0.25, 0.3) is 0 Å². The van der Waals surface area contributed by atoms with Gasteiger partial charge in [0.05, 0.1) is 18.4 Å². The summed E-state index contributed by atoms with van der Waals surface area (Å²) in [5.41, 5.74) is 3.60. The average Bonchev–Trinajstić information content (AvgIpc) is 2.98. The smallest absolute Gasteiger partial charge is 0.0690 e. The highest BCUT2D eigenvalue weighted by atomic mass is 15.3. The Morgan fingerprint density at radius 1 is 1.39 bits per heavy atom. The number of rotatable bonds is 5. The van der Waals surface area contributed by atoms with Crippen LogP contribution in [0.4, 0.5) is 0 Å². The molecule has 96 valence electrons. The largest absolute Gasteiger partial charge is 0.310 e. The fraction of sp³-hybridized carbons (Fsp3) is 0.538. The molecule has 0 bridgehead atoms. The second-order valence-corrected chi connectivity index (χ2v) is 5.11. The summed E-state index contributed by atoms with van der Waals surface area (Å²) in [5, 5.41) is 12.3. The summed E-state index contributed by atoms with van der Waals surface area (Å²) in [5.74, 6) is 0. The minimum atomic E-state index is 0.742. The van der Waals surface area contributed by atoms with Gasteiger partial charge < -0.3 is 5.32 Å². The zero-order chi connectivity index (χ0) is 12.5. The molecule has 0 aromatic carbocycles. The lowest BCUT2D eigenvalue weighted by atomic mass is 10.2. The van der Waals surface area contributed by atoms with Crippen molar-refractivity contribution in [1.82, 2.24) is 24.9 Å². The number of nitrogens with one attached hydrogen (secondary N) is 1. The average molecular weight is 245 g/mol. The fourth-order valence-electron chi connectivity index (χ4n) is 2.10. The van der Waals surface area contributed by atoms with Crippen LogP contribution in [0.1, 0.15) is 29.7 Å². The first-order valence-electron chi connectivity index (χ1n) is 6.44. The second kappa shape index (κ2) is 4.57. The van der Waals surface area contributed by atoms with E-state index >= 15 is 0 Å². The maximum absolute atomic E-state index is 4.55. The van der Waals surface area contributed by atoms with Crippen LogP contribution in [0.2, 0.25) is 0 Å². The Balaban J connectivity index is 1.66. The number of nitrogens with zero attached hydrogens (tertiary/aromatic N) is 4. The zero-order valence-electron chi connectivity index (χ0n) is 10.9.